The van der Waals surface area contributed by atoms with Gasteiger partial charge in [0, 0.05) is 6.54 Å². The molecule has 1 heterocycles. The van der Waals surface area contributed by atoms with Crippen LogP contribution in [0, 0.1) is 0 Å². The van der Waals surface area contributed by atoms with Gasteiger partial charge in [0.2, 0.25) is 10.0 Å². The number of hydrogen-bond acceptors (Lipinski definition) is 3. The lowest BCUT2D eigenvalue weighted by molar-refractivity contribution is 0.461. The van der Waals surface area contributed by atoms with Crippen LogP contribution >= 0.6 is 23.2 Å². The van der Waals surface area contributed by atoms with Gasteiger partial charge in [-0.1, -0.05) is 47.5 Å². The van der Waals surface area contributed by atoms with Gasteiger partial charge in [0.1, 0.15) is 0 Å². The summed E-state index contributed by atoms with van der Waals surface area (Å²) in [5.74, 6) is 0.479. The highest BCUT2D eigenvalue weighted by molar-refractivity contribution is 7.92. The number of benzene rings is 2. The van der Waals surface area contributed by atoms with Crippen molar-refractivity contribution in [1.29, 1.82) is 0 Å². The summed E-state index contributed by atoms with van der Waals surface area (Å²) in [6.45, 7) is 2.17. The van der Waals surface area contributed by atoms with E-state index in [0.717, 1.165) is 25.9 Å². The monoisotopic (exact) mass is 412 g/mol. The molecule has 1 unspecified atom stereocenters. The molecule has 3 rings (SSSR count). The lowest BCUT2D eigenvalue weighted by Gasteiger charge is -2.26. The molecule has 140 valence electrons. The normalized spacial score (nSPS) is 17.9. The number of rotatable bonds is 5. The fourth-order valence-corrected chi connectivity index (χ4v) is 4.53. The fraction of sp³-hybridized carbons (Fsp3) is 0.368. The van der Waals surface area contributed by atoms with E-state index in [1.807, 2.05) is 24.3 Å². The summed E-state index contributed by atoms with van der Waals surface area (Å²) < 4.78 is 26.1. The molecule has 0 bridgehead atoms. The number of anilines is 1. The molecule has 1 fully saturated rings. The Bertz CT molecular complexity index is 864. The van der Waals surface area contributed by atoms with E-state index in [9.17, 15) is 8.42 Å². The molecular weight excluding hydrogens is 391 g/mol. The van der Waals surface area contributed by atoms with Crippen LogP contribution in [-0.4, -0.2) is 27.8 Å². The standard InChI is InChI=1S/C19H22Cl2N2O2S/c1-26(24,25)23(13-16-4-2-6-18(20)19(16)21)17-9-7-14(8-10-17)15-5-3-11-22-12-15/h2,4,6-10,15,22H,3,5,11-13H2,1H3. The molecule has 4 nitrogen and oxygen atoms in total. The summed E-state index contributed by atoms with van der Waals surface area (Å²) in [5, 5.41) is 4.20. The van der Waals surface area contributed by atoms with E-state index in [1.54, 1.807) is 18.2 Å². The van der Waals surface area contributed by atoms with Crippen molar-refractivity contribution in [3.63, 3.8) is 0 Å². The third-order valence-electron chi connectivity index (χ3n) is 4.70. The minimum absolute atomic E-state index is 0.141. The first-order valence-corrected chi connectivity index (χ1v) is 11.2. The minimum atomic E-state index is -3.46. The molecule has 1 atom stereocenters. The molecule has 26 heavy (non-hydrogen) atoms. The van der Waals surface area contributed by atoms with Gasteiger partial charge in [0.05, 0.1) is 28.5 Å². The molecule has 0 aromatic heterocycles. The SMILES string of the molecule is CS(=O)(=O)N(Cc1cccc(Cl)c1Cl)c1ccc(C2CCCNC2)cc1. The molecule has 7 heteroatoms. The van der Waals surface area contributed by atoms with E-state index in [-0.39, 0.29) is 6.54 Å². The van der Waals surface area contributed by atoms with Gasteiger partial charge < -0.3 is 5.32 Å². The second kappa shape index (κ2) is 8.17. The molecule has 2 aromatic rings. The van der Waals surface area contributed by atoms with Gasteiger partial charge in [-0.05, 0) is 54.6 Å². The summed E-state index contributed by atoms with van der Waals surface area (Å²) in [6, 6.07) is 13.0. The first-order valence-electron chi connectivity index (χ1n) is 8.57. The van der Waals surface area contributed by atoms with Crippen LogP contribution < -0.4 is 9.62 Å². The zero-order valence-corrected chi connectivity index (χ0v) is 16.9. The molecule has 0 amide bonds. The minimum Gasteiger partial charge on any atom is -0.316 e. The zero-order chi connectivity index (χ0) is 18.7. The van der Waals surface area contributed by atoms with Gasteiger partial charge in [0.15, 0.2) is 0 Å². The maximum atomic E-state index is 12.4. The molecule has 1 aliphatic heterocycles. The predicted molar refractivity (Wildman–Crippen MR) is 109 cm³/mol. The van der Waals surface area contributed by atoms with Crippen LogP contribution in [0.1, 0.15) is 29.9 Å². The third-order valence-corrected chi connectivity index (χ3v) is 6.69. The van der Waals surface area contributed by atoms with E-state index in [4.69, 9.17) is 23.2 Å². The Labute approximate surface area is 165 Å². The summed E-state index contributed by atoms with van der Waals surface area (Å²) >= 11 is 12.3. The Morgan fingerprint density at radius 3 is 2.50 bits per heavy atom. The van der Waals surface area contributed by atoms with Crippen LogP contribution in [0.15, 0.2) is 42.5 Å². The van der Waals surface area contributed by atoms with Crippen LogP contribution in [0.2, 0.25) is 10.0 Å². The van der Waals surface area contributed by atoms with E-state index in [2.05, 4.69) is 5.32 Å². The lowest BCUT2D eigenvalue weighted by Crippen LogP contribution is -2.30. The molecule has 0 saturated carbocycles. The number of halogens is 2. The molecule has 0 radical (unpaired) electrons. The highest BCUT2D eigenvalue weighted by atomic mass is 35.5. The van der Waals surface area contributed by atoms with E-state index in [0.29, 0.717) is 27.2 Å². The van der Waals surface area contributed by atoms with Crippen molar-refractivity contribution in [3.8, 4) is 0 Å². The van der Waals surface area contributed by atoms with Crippen molar-refractivity contribution in [3.05, 3.63) is 63.6 Å². The molecule has 0 aliphatic carbocycles. The van der Waals surface area contributed by atoms with Crippen LogP contribution in [0.25, 0.3) is 0 Å². The maximum Gasteiger partial charge on any atom is 0.232 e. The zero-order valence-electron chi connectivity index (χ0n) is 14.6. The van der Waals surface area contributed by atoms with Gasteiger partial charge in [-0.2, -0.15) is 0 Å². The summed E-state index contributed by atoms with van der Waals surface area (Å²) in [6.07, 6.45) is 3.51. The second-order valence-electron chi connectivity index (χ2n) is 6.62. The van der Waals surface area contributed by atoms with Crippen LogP contribution in [-0.2, 0) is 16.6 Å². The van der Waals surface area contributed by atoms with E-state index < -0.39 is 10.0 Å². The molecular formula is C19H22Cl2N2O2S. The first-order chi connectivity index (χ1) is 12.4. The Kier molecular flexibility index (Phi) is 6.13. The number of hydrogen-bond donors (Lipinski definition) is 1. The van der Waals surface area contributed by atoms with Crippen molar-refractivity contribution in [1.82, 2.24) is 5.32 Å². The number of nitrogens with zero attached hydrogens (tertiary/aromatic N) is 1. The fourth-order valence-electron chi connectivity index (χ4n) is 3.27. The number of nitrogens with one attached hydrogen (secondary N) is 1. The lowest BCUT2D eigenvalue weighted by atomic mass is 9.91. The van der Waals surface area contributed by atoms with Crippen molar-refractivity contribution in [2.45, 2.75) is 25.3 Å². The molecule has 2 aromatic carbocycles. The van der Waals surface area contributed by atoms with Crippen LogP contribution in [0.3, 0.4) is 0 Å². The van der Waals surface area contributed by atoms with E-state index >= 15 is 0 Å². The van der Waals surface area contributed by atoms with Crippen LogP contribution in [0.5, 0.6) is 0 Å². The molecule has 0 spiro atoms. The largest absolute Gasteiger partial charge is 0.316 e. The van der Waals surface area contributed by atoms with E-state index in [1.165, 1.54) is 16.1 Å². The average Bonchev–Trinajstić information content (AvgIpc) is 2.63. The highest BCUT2D eigenvalue weighted by Gasteiger charge is 2.21. The van der Waals surface area contributed by atoms with Crippen molar-refractivity contribution >= 4 is 38.9 Å². The maximum absolute atomic E-state index is 12.4. The Hall–Kier alpha value is -1.27. The molecule has 1 N–H and O–H groups in total. The number of sulfonamides is 1. The van der Waals surface area contributed by atoms with Crippen LogP contribution in [0.4, 0.5) is 5.69 Å². The summed E-state index contributed by atoms with van der Waals surface area (Å²) in [5.41, 5.74) is 2.52. The Morgan fingerprint density at radius 2 is 1.88 bits per heavy atom. The number of piperidine rings is 1. The Morgan fingerprint density at radius 1 is 1.15 bits per heavy atom. The topological polar surface area (TPSA) is 49.4 Å². The van der Waals surface area contributed by atoms with Gasteiger partial charge in [-0.15, -0.1) is 0 Å². The second-order valence-corrected chi connectivity index (χ2v) is 9.31. The van der Waals surface area contributed by atoms with Gasteiger partial charge >= 0.3 is 0 Å². The van der Waals surface area contributed by atoms with Crippen molar-refractivity contribution in [2.75, 3.05) is 23.7 Å². The van der Waals surface area contributed by atoms with Gasteiger partial charge in [-0.25, -0.2) is 8.42 Å². The quantitative estimate of drug-likeness (QED) is 0.789. The molecule has 1 aliphatic rings. The first kappa shape index (κ1) is 19.5. The van der Waals surface area contributed by atoms with Crippen molar-refractivity contribution < 1.29 is 8.42 Å². The van der Waals surface area contributed by atoms with Crippen molar-refractivity contribution in [2.24, 2.45) is 0 Å². The average molecular weight is 413 g/mol. The third kappa shape index (κ3) is 4.52. The van der Waals surface area contributed by atoms with Gasteiger partial charge in [-0.3, -0.25) is 4.31 Å². The predicted octanol–water partition coefficient (Wildman–Crippen LogP) is 4.43. The summed E-state index contributed by atoms with van der Waals surface area (Å²) in [4.78, 5) is 0. The molecule has 1 saturated heterocycles. The highest BCUT2D eigenvalue weighted by Crippen LogP contribution is 2.30. The Balaban J connectivity index is 1.87. The van der Waals surface area contributed by atoms with Gasteiger partial charge in [0.25, 0.3) is 0 Å². The summed E-state index contributed by atoms with van der Waals surface area (Å²) in [7, 11) is -3.46. The smallest absolute Gasteiger partial charge is 0.232 e.